The maximum atomic E-state index is 12.7. The summed E-state index contributed by atoms with van der Waals surface area (Å²) >= 11 is 0. The third-order valence-corrected chi connectivity index (χ3v) is 4.75. The van der Waals surface area contributed by atoms with E-state index in [0.717, 1.165) is 0 Å². The Kier molecular flexibility index (Phi) is 11.0. The van der Waals surface area contributed by atoms with Crippen LogP contribution in [0.4, 0.5) is 0 Å². The van der Waals surface area contributed by atoms with Crippen molar-refractivity contribution in [1.29, 1.82) is 0 Å². The zero-order valence-corrected chi connectivity index (χ0v) is 18.4. The summed E-state index contributed by atoms with van der Waals surface area (Å²) in [6.07, 6.45) is -1.96. The van der Waals surface area contributed by atoms with Gasteiger partial charge in [0.2, 0.25) is 17.7 Å². The summed E-state index contributed by atoms with van der Waals surface area (Å²) in [6.45, 7) is 2.61. The lowest BCUT2D eigenvalue weighted by Crippen LogP contribution is -2.57. The van der Waals surface area contributed by atoms with E-state index in [1.165, 1.54) is 13.8 Å². The number of nitrogens with two attached hydrogens (primary N) is 1. The highest BCUT2D eigenvalue weighted by atomic mass is 16.4. The highest BCUT2D eigenvalue weighted by molar-refractivity contribution is 5.94. The summed E-state index contributed by atoms with van der Waals surface area (Å²) in [5, 5.41) is 34.7. The van der Waals surface area contributed by atoms with Crippen LogP contribution in [0.15, 0.2) is 30.3 Å². The van der Waals surface area contributed by atoms with Gasteiger partial charge in [-0.1, -0.05) is 30.3 Å². The number of benzene rings is 1. The van der Waals surface area contributed by atoms with E-state index in [-0.39, 0.29) is 12.8 Å². The van der Waals surface area contributed by atoms with Gasteiger partial charge in [0.05, 0.1) is 6.10 Å². The summed E-state index contributed by atoms with van der Waals surface area (Å²) < 4.78 is 0. The van der Waals surface area contributed by atoms with E-state index in [4.69, 9.17) is 10.8 Å². The molecule has 1 aromatic carbocycles. The Balaban J connectivity index is 2.88. The Morgan fingerprint density at radius 2 is 1.45 bits per heavy atom. The first-order valence-electron chi connectivity index (χ1n) is 10.3. The summed E-state index contributed by atoms with van der Waals surface area (Å²) in [5.74, 6) is -5.02. The summed E-state index contributed by atoms with van der Waals surface area (Å²) in [4.78, 5) is 59.7. The van der Waals surface area contributed by atoms with Crippen LogP contribution in [0.2, 0.25) is 0 Å². The highest BCUT2D eigenvalue weighted by Crippen LogP contribution is 2.06. The van der Waals surface area contributed by atoms with Gasteiger partial charge in [0.15, 0.2) is 0 Å². The molecule has 0 spiro atoms. The first kappa shape index (κ1) is 27.5. The van der Waals surface area contributed by atoms with E-state index in [2.05, 4.69) is 16.0 Å². The van der Waals surface area contributed by atoms with Crippen molar-refractivity contribution in [1.82, 2.24) is 16.0 Å². The minimum Gasteiger partial charge on any atom is -0.481 e. The van der Waals surface area contributed by atoms with Crippen molar-refractivity contribution in [3.8, 4) is 0 Å². The van der Waals surface area contributed by atoms with Crippen molar-refractivity contribution < 1.29 is 39.3 Å². The molecular weight excluding hydrogens is 436 g/mol. The number of rotatable bonds is 13. The lowest BCUT2D eigenvalue weighted by Gasteiger charge is -2.24. The Morgan fingerprint density at radius 1 is 0.879 bits per heavy atom. The second kappa shape index (κ2) is 13.1. The topological polar surface area (TPSA) is 208 Å². The normalized spacial score (nSPS) is 15.3. The van der Waals surface area contributed by atoms with Crippen LogP contribution in [-0.2, 0) is 30.4 Å². The fourth-order valence-corrected chi connectivity index (χ4v) is 2.75. The van der Waals surface area contributed by atoms with Crippen LogP contribution in [-0.4, -0.2) is 75.3 Å². The molecule has 0 radical (unpaired) electrons. The quantitative estimate of drug-likeness (QED) is 0.178. The average Bonchev–Trinajstić information content (AvgIpc) is 2.75. The van der Waals surface area contributed by atoms with Crippen LogP contribution in [0.3, 0.4) is 0 Å². The van der Waals surface area contributed by atoms with Crippen LogP contribution >= 0.6 is 0 Å². The molecule has 0 bridgehead atoms. The second-order valence-electron chi connectivity index (χ2n) is 7.58. The number of carboxylic acids is 2. The second-order valence-corrected chi connectivity index (χ2v) is 7.58. The van der Waals surface area contributed by atoms with Gasteiger partial charge in [-0.15, -0.1) is 0 Å². The molecule has 0 heterocycles. The number of carbonyl (C=O) groups is 5. The van der Waals surface area contributed by atoms with E-state index in [1.807, 2.05) is 0 Å². The SMILES string of the molecule is CC(NC(=O)C(N)C(C)O)C(=O)NC(CCC(=O)O)C(=O)NC(Cc1ccccc1)C(=O)O. The fourth-order valence-electron chi connectivity index (χ4n) is 2.75. The van der Waals surface area contributed by atoms with E-state index in [1.54, 1.807) is 30.3 Å². The molecule has 33 heavy (non-hydrogen) atoms. The van der Waals surface area contributed by atoms with Crippen molar-refractivity contribution in [2.75, 3.05) is 0 Å². The summed E-state index contributed by atoms with van der Waals surface area (Å²) in [5.41, 5.74) is 6.16. The molecule has 0 saturated heterocycles. The maximum absolute atomic E-state index is 12.7. The lowest BCUT2D eigenvalue weighted by molar-refractivity contribution is -0.143. The van der Waals surface area contributed by atoms with Gasteiger partial charge in [-0.3, -0.25) is 19.2 Å². The third-order valence-electron chi connectivity index (χ3n) is 4.75. The predicted molar refractivity (Wildman–Crippen MR) is 116 cm³/mol. The van der Waals surface area contributed by atoms with E-state index < -0.39 is 66.4 Å². The van der Waals surface area contributed by atoms with Gasteiger partial charge >= 0.3 is 11.9 Å². The molecule has 0 aliphatic carbocycles. The molecule has 0 fully saturated rings. The van der Waals surface area contributed by atoms with Gasteiger partial charge in [0.1, 0.15) is 24.2 Å². The first-order chi connectivity index (χ1) is 15.4. The highest BCUT2D eigenvalue weighted by Gasteiger charge is 2.29. The molecule has 0 saturated carbocycles. The van der Waals surface area contributed by atoms with Crippen molar-refractivity contribution in [2.45, 2.75) is 63.4 Å². The number of hydrogen-bond donors (Lipinski definition) is 7. The van der Waals surface area contributed by atoms with Gasteiger partial charge < -0.3 is 37.0 Å². The largest absolute Gasteiger partial charge is 0.481 e. The standard InChI is InChI=1S/C21H30N4O8/c1-11(23-20(31)17(22)12(2)26)18(29)24-14(8-9-16(27)28)19(30)25-15(21(32)33)10-13-6-4-3-5-7-13/h3-7,11-12,14-15,17,26H,8-10,22H2,1-2H3,(H,23,31)(H,24,29)(H,25,30)(H,27,28)(H,32,33). The molecule has 8 N–H and O–H groups in total. The molecular formula is C21H30N4O8. The van der Waals surface area contributed by atoms with Crippen LogP contribution in [0.5, 0.6) is 0 Å². The van der Waals surface area contributed by atoms with Crippen LogP contribution in [0.1, 0.15) is 32.3 Å². The predicted octanol–water partition coefficient (Wildman–Crippen LogP) is -1.64. The molecule has 1 aromatic rings. The smallest absolute Gasteiger partial charge is 0.326 e. The Hall–Kier alpha value is -3.51. The van der Waals surface area contributed by atoms with Gasteiger partial charge in [-0.25, -0.2) is 4.79 Å². The van der Waals surface area contributed by atoms with Gasteiger partial charge in [0, 0.05) is 12.8 Å². The Bertz CT molecular complexity index is 846. The zero-order chi connectivity index (χ0) is 25.1. The summed E-state index contributed by atoms with van der Waals surface area (Å²) in [7, 11) is 0. The molecule has 0 aliphatic rings. The number of carboxylic acid groups (broad SMARTS) is 2. The number of carbonyl (C=O) groups excluding carboxylic acids is 3. The van der Waals surface area contributed by atoms with Crippen molar-refractivity contribution in [3.63, 3.8) is 0 Å². The van der Waals surface area contributed by atoms with Gasteiger partial charge in [-0.2, -0.15) is 0 Å². The molecule has 12 heteroatoms. The monoisotopic (exact) mass is 466 g/mol. The van der Waals surface area contributed by atoms with Crippen molar-refractivity contribution >= 4 is 29.7 Å². The Labute approximate surface area is 190 Å². The molecule has 182 valence electrons. The minimum absolute atomic E-state index is 0.0226. The van der Waals surface area contributed by atoms with Crippen LogP contribution in [0.25, 0.3) is 0 Å². The van der Waals surface area contributed by atoms with Crippen LogP contribution in [0, 0.1) is 0 Å². The first-order valence-corrected chi connectivity index (χ1v) is 10.3. The number of amides is 3. The van der Waals surface area contributed by atoms with Gasteiger partial charge in [0.25, 0.3) is 0 Å². The number of nitrogens with one attached hydrogen (secondary N) is 3. The fraction of sp³-hybridized carbons (Fsp3) is 0.476. The lowest BCUT2D eigenvalue weighted by atomic mass is 10.0. The van der Waals surface area contributed by atoms with E-state index in [9.17, 15) is 34.2 Å². The van der Waals surface area contributed by atoms with Crippen molar-refractivity contribution in [2.24, 2.45) is 5.73 Å². The third kappa shape index (κ3) is 9.66. The molecule has 3 amide bonds. The molecule has 0 aromatic heterocycles. The van der Waals surface area contributed by atoms with E-state index >= 15 is 0 Å². The van der Waals surface area contributed by atoms with Crippen molar-refractivity contribution in [3.05, 3.63) is 35.9 Å². The number of hydrogen-bond acceptors (Lipinski definition) is 7. The zero-order valence-electron chi connectivity index (χ0n) is 18.4. The average molecular weight is 466 g/mol. The molecule has 0 aliphatic heterocycles. The summed E-state index contributed by atoms with van der Waals surface area (Å²) in [6, 6.07) is 3.44. The number of aliphatic hydroxyl groups is 1. The van der Waals surface area contributed by atoms with E-state index in [0.29, 0.717) is 5.56 Å². The van der Waals surface area contributed by atoms with Gasteiger partial charge in [-0.05, 0) is 25.8 Å². The molecule has 5 atom stereocenters. The number of aliphatic carboxylic acids is 2. The molecule has 1 rings (SSSR count). The minimum atomic E-state index is -1.36. The molecule has 5 unspecified atom stereocenters. The maximum Gasteiger partial charge on any atom is 0.326 e. The Morgan fingerprint density at radius 3 is 1.97 bits per heavy atom. The number of aliphatic hydroxyl groups excluding tert-OH is 1. The molecule has 12 nitrogen and oxygen atoms in total. The van der Waals surface area contributed by atoms with Crippen LogP contribution < -0.4 is 21.7 Å².